The summed E-state index contributed by atoms with van der Waals surface area (Å²) in [4.78, 5) is 21.2. The summed E-state index contributed by atoms with van der Waals surface area (Å²) in [5.74, 6) is 1.74. The van der Waals surface area contributed by atoms with E-state index in [1.165, 1.54) is 0 Å². The van der Waals surface area contributed by atoms with Crippen molar-refractivity contribution in [1.29, 1.82) is 0 Å². The normalized spacial score (nSPS) is 18.6. The molecule has 1 aromatic heterocycles. The Kier molecular flexibility index (Phi) is 5.15. The minimum Gasteiger partial charge on any atom is -0.484 e. The van der Waals surface area contributed by atoms with Crippen molar-refractivity contribution in [1.82, 2.24) is 19.4 Å². The van der Waals surface area contributed by atoms with Crippen molar-refractivity contribution in [2.45, 2.75) is 13.0 Å². The van der Waals surface area contributed by atoms with Crippen LogP contribution in [-0.4, -0.2) is 58.0 Å². The molecule has 1 fully saturated rings. The van der Waals surface area contributed by atoms with Gasteiger partial charge in [0.15, 0.2) is 6.61 Å². The number of piperazine rings is 1. The van der Waals surface area contributed by atoms with Crippen molar-refractivity contribution >= 4 is 5.91 Å². The lowest BCUT2D eigenvalue weighted by molar-refractivity contribution is -0.136. The number of aromatic nitrogens is 2. The van der Waals surface area contributed by atoms with Crippen molar-refractivity contribution in [3.63, 3.8) is 0 Å². The molecule has 1 amide bonds. The summed E-state index contributed by atoms with van der Waals surface area (Å²) >= 11 is 0. The molecule has 0 spiro atoms. The predicted molar refractivity (Wildman–Crippen MR) is 91.7 cm³/mol. The van der Waals surface area contributed by atoms with Gasteiger partial charge in [-0.15, -0.1) is 0 Å². The van der Waals surface area contributed by atoms with Crippen molar-refractivity contribution in [3.8, 4) is 5.75 Å². The topological polar surface area (TPSA) is 50.6 Å². The summed E-state index contributed by atoms with van der Waals surface area (Å²) in [6, 6.07) is 9.58. The SMILES string of the molecule is CCN1CCN(C(=O)COc2ccccc2)C[C@H]1c1nccn1C. The summed E-state index contributed by atoms with van der Waals surface area (Å²) in [7, 11) is 2.00. The number of hydrogen-bond donors (Lipinski definition) is 0. The lowest BCUT2D eigenvalue weighted by atomic mass is 10.1. The van der Waals surface area contributed by atoms with Crippen LogP contribution in [0.5, 0.6) is 5.75 Å². The van der Waals surface area contributed by atoms with Crippen LogP contribution in [0.2, 0.25) is 0 Å². The Hall–Kier alpha value is -2.34. The highest BCUT2D eigenvalue weighted by molar-refractivity contribution is 5.78. The molecule has 3 rings (SSSR count). The first-order chi connectivity index (χ1) is 11.7. The molecule has 0 N–H and O–H groups in total. The van der Waals surface area contributed by atoms with Gasteiger partial charge in [-0.05, 0) is 18.7 Å². The summed E-state index contributed by atoms with van der Waals surface area (Å²) in [6.07, 6.45) is 3.75. The van der Waals surface area contributed by atoms with Gasteiger partial charge in [-0.1, -0.05) is 25.1 Å². The fourth-order valence-corrected chi connectivity index (χ4v) is 3.12. The first kappa shape index (κ1) is 16.5. The second kappa shape index (κ2) is 7.49. The van der Waals surface area contributed by atoms with Crippen LogP contribution in [0.3, 0.4) is 0 Å². The van der Waals surface area contributed by atoms with E-state index in [0.717, 1.165) is 31.2 Å². The second-order valence-electron chi connectivity index (χ2n) is 5.98. The van der Waals surface area contributed by atoms with E-state index in [4.69, 9.17) is 4.74 Å². The van der Waals surface area contributed by atoms with Crippen LogP contribution < -0.4 is 4.74 Å². The molecule has 0 radical (unpaired) electrons. The molecule has 1 saturated heterocycles. The zero-order valence-electron chi connectivity index (χ0n) is 14.3. The minimum atomic E-state index is 0.0221. The van der Waals surface area contributed by atoms with E-state index >= 15 is 0 Å². The van der Waals surface area contributed by atoms with E-state index in [-0.39, 0.29) is 18.6 Å². The van der Waals surface area contributed by atoms with Gasteiger partial charge in [0.05, 0.1) is 6.04 Å². The number of hydrogen-bond acceptors (Lipinski definition) is 4. The standard InChI is InChI=1S/C18H24N4O2/c1-3-21-11-12-22(13-16(21)18-19-9-10-20(18)2)17(23)14-24-15-7-5-4-6-8-15/h4-10,16H,3,11-14H2,1-2H3/t16-/m0/s1. The third kappa shape index (κ3) is 3.59. The molecular weight excluding hydrogens is 304 g/mol. The Morgan fingerprint density at radius 1 is 1.29 bits per heavy atom. The van der Waals surface area contributed by atoms with E-state index in [9.17, 15) is 4.79 Å². The monoisotopic (exact) mass is 328 g/mol. The van der Waals surface area contributed by atoms with Gasteiger partial charge in [-0.2, -0.15) is 0 Å². The zero-order valence-corrected chi connectivity index (χ0v) is 14.3. The largest absolute Gasteiger partial charge is 0.484 e. The lowest BCUT2D eigenvalue weighted by Gasteiger charge is -2.40. The van der Waals surface area contributed by atoms with Crippen molar-refractivity contribution in [2.75, 3.05) is 32.8 Å². The predicted octanol–water partition coefficient (Wildman–Crippen LogP) is 1.70. The molecule has 1 aliphatic heterocycles. The maximum atomic E-state index is 12.5. The highest BCUT2D eigenvalue weighted by atomic mass is 16.5. The first-order valence-corrected chi connectivity index (χ1v) is 8.36. The molecule has 0 bridgehead atoms. The Labute approximate surface area is 142 Å². The molecular formula is C18H24N4O2. The second-order valence-corrected chi connectivity index (χ2v) is 5.98. The van der Waals surface area contributed by atoms with Crippen LogP contribution in [-0.2, 0) is 11.8 Å². The van der Waals surface area contributed by atoms with Gasteiger partial charge < -0.3 is 14.2 Å². The highest BCUT2D eigenvalue weighted by Gasteiger charge is 2.31. The molecule has 2 aromatic rings. The third-order valence-corrected chi connectivity index (χ3v) is 4.51. The molecule has 6 heteroatoms. The van der Waals surface area contributed by atoms with Crippen LogP contribution in [0, 0.1) is 0 Å². The van der Waals surface area contributed by atoms with Crippen LogP contribution in [0.1, 0.15) is 18.8 Å². The van der Waals surface area contributed by atoms with E-state index in [2.05, 4.69) is 16.8 Å². The number of aryl methyl sites for hydroxylation is 1. The average molecular weight is 328 g/mol. The van der Waals surface area contributed by atoms with E-state index in [1.54, 1.807) is 0 Å². The Morgan fingerprint density at radius 3 is 2.75 bits per heavy atom. The number of amides is 1. The maximum Gasteiger partial charge on any atom is 0.260 e. The molecule has 1 aromatic carbocycles. The quantitative estimate of drug-likeness (QED) is 0.838. The summed E-state index contributed by atoms with van der Waals surface area (Å²) in [5, 5.41) is 0. The van der Waals surface area contributed by atoms with E-state index < -0.39 is 0 Å². The molecule has 0 saturated carbocycles. The van der Waals surface area contributed by atoms with Crippen molar-refractivity contribution < 1.29 is 9.53 Å². The third-order valence-electron chi connectivity index (χ3n) is 4.51. The molecule has 1 aliphatic rings. The fourth-order valence-electron chi connectivity index (χ4n) is 3.12. The van der Waals surface area contributed by atoms with Crippen molar-refractivity contribution in [2.24, 2.45) is 7.05 Å². The van der Waals surface area contributed by atoms with Gasteiger partial charge in [0.2, 0.25) is 0 Å². The van der Waals surface area contributed by atoms with E-state index in [0.29, 0.717) is 6.54 Å². The number of para-hydroxylation sites is 1. The molecule has 128 valence electrons. The summed E-state index contributed by atoms with van der Waals surface area (Å²) in [5.41, 5.74) is 0. The van der Waals surface area contributed by atoms with Crippen LogP contribution in [0.25, 0.3) is 0 Å². The number of carbonyl (C=O) groups excluding carboxylic acids is 1. The van der Waals surface area contributed by atoms with Gasteiger partial charge in [0.1, 0.15) is 11.6 Å². The molecule has 24 heavy (non-hydrogen) atoms. The average Bonchev–Trinajstić information content (AvgIpc) is 3.05. The van der Waals surface area contributed by atoms with Gasteiger partial charge in [0.25, 0.3) is 5.91 Å². The first-order valence-electron chi connectivity index (χ1n) is 8.36. The Morgan fingerprint density at radius 2 is 2.08 bits per heavy atom. The smallest absolute Gasteiger partial charge is 0.260 e. The van der Waals surface area contributed by atoms with Gasteiger partial charge >= 0.3 is 0 Å². The summed E-state index contributed by atoms with van der Waals surface area (Å²) < 4.78 is 7.63. The number of carbonyl (C=O) groups is 1. The number of nitrogens with zero attached hydrogens (tertiary/aromatic N) is 4. The number of ether oxygens (including phenoxy) is 1. The highest BCUT2D eigenvalue weighted by Crippen LogP contribution is 2.23. The Balaban J connectivity index is 1.64. The van der Waals surface area contributed by atoms with Gasteiger partial charge in [-0.25, -0.2) is 4.98 Å². The molecule has 0 aliphatic carbocycles. The molecule has 0 unspecified atom stereocenters. The fraction of sp³-hybridized carbons (Fsp3) is 0.444. The minimum absolute atomic E-state index is 0.0221. The lowest BCUT2D eigenvalue weighted by Crippen LogP contribution is -2.52. The summed E-state index contributed by atoms with van der Waals surface area (Å²) in [6.45, 7) is 5.39. The maximum absolute atomic E-state index is 12.5. The molecule has 6 nitrogen and oxygen atoms in total. The molecule has 2 heterocycles. The van der Waals surface area contributed by atoms with E-state index in [1.807, 2.05) is 59.2 Å². The molecule has 1 atom stereocenters. The van der Waals surface area contributed by atoms with Crippen LogP contribution in [0.4, 0.5) is 0 Å². The number of benzene rings is 1. The van der Waals surface area contributed by atoms with Gasteiger partial charge in [0, 0.05) is 39.1 Å². The van der Waals surface area contributed by atoms with Gasteiger partial charge in [-0.3, -0.25) is 9.69 Å². The van der Waals surface area contributed by atoms with Crippen LogP contribution >= 0.6 is 0 Å². The van der Waals surface area contributed by atoms with Crippen molar-refractivity contribution in [3.05, 3.63) is 48.5 Å². The zero-order chi connectivity index (χ0) is 16.9. The number of rotatable bonds is 5. The van der Waals surface area contributed by atoms with Crippen LogP contribution in [0.15, 0.2) is 42.7 Å². The Bertz CT molecular complexity index is 671. The number of likely N-dealkylation sites (N-methyl/N-ethyl adjacent to an activating group) is 1. The number of imidazole rings is 1.